The Morgan fingerprint density at radius 2 is 1.74 bits per heavy atom. The summed E-state index contributed by atoms with van der Waals surface area (Å²) in [4.78, 5) is 35.6. The molecule has 7 heteroatoms. The van der Waals surface area contributed by atoms with Gasteiger partial charge in [-0.25, -0.2) is 4.98 Å². The fraction of sp³-hybridized carbons (Fsp3) is 0.143. The number of benzene rings is 3. The molecule has 3 aromatic carbocycles. The lowest BCUT2D eigenvalue weighted by Gasteiger charge is -2.08. The van der Waals surface area contributed by atoms with Crippen molar-refractivity contribution in [3.8, 4) is 11.3 Å². The van der Waals surface area contributed by atoms with Gasteiger partial charge in [-0.05, 0) is 43.2 Å². The largest absolute Gasteiger partial charge is 0.468 e. The predicted molar refractivity (Wildman–Crippen MR) is 138 cm³/mol. The fourth-order valence-electron chi connectivity index (χ4n) is 4.27. The van der Waals surface area contributed by atoms with Gasteiger partial charge in [0, 0.05) is 10.9 Å². The molecular weight excluding hydrogens is 458 g/mol. The van der Waals surface area contributed by atoms with Gasteiger partial charge >= 0.3 is 5.97 Å². The molecule has 5 aromatic rings. The molecule has 6 nitrogen and oxygen atoms in total. The molecule has 1 amide bonds. The smallest absolute Gasteiger partial charge is 0.325 e. The van der Waals surface area contributed by atoms with Crippen LogP contribution in [0.3, 0.4) is 0 Å². The number of carbonyl (C=O) groups is 2. The van der Waals surface area contributed by atoms with Gasteiger partial charge < -0.3 is 9.30 Å². The van der Waals surface area contributed by atoms with Gasteiger partial charge in [0.1, 0.15) is 6.54 Å². The van der Waals surface area contributed by atoms with Crippen molar-refractivity contribution in [2.75, 3.05) is 7.11 Å². The summed E-state index contributed by atoms with van der Waals surface area (Å²) in [5, 5.41) is 0.730. The van der Waals surface area contributed by atoms with Gasteiger partial charge in [-0.1, -0.05) is 65.9 Å². The number of aromatic nitrogens is 2. The number of ether oxygens (including phenoxy) is 1. The molecule has 0 fully saturated rings. The number of thiazole rings is 1. The van der Waals surface area contributed by atoms with Crippen molar-refractivity contribution in [1.82, 2.24) is 9.55 Å². The molecule has 0 saturated carbocycles. The zero-order valence-electron chi connectivity index (χ0n) is 19.6. The highest BCUT2D eigenvalue weighted by Crippen LogP contribution is 2.26. The van der Waals surface area contributed by atoms with Crippen molar-refractivity contribution in [3.63, 3.8) is 0 Å². The molecule has 0 aliphatic carbocycles. The summed E-state index contributed by atoms with van der Waals surface area (Å²) in [5.74, 6) is -0.792. The third kappa shape index (κ3) is 4.38. The first kappa shape index (κ1) is 22.7. The van der Waals surface area contributed by atoms with Crippen molar-refractivity contribution in [2.24, 2.45) is 4.99 Å². The van der Waals surface area contributed by atoms with Crippen LogP contribution in [0.5, 0.6) is 0 Å². The second-order valence-corrected chi connectivity index (χ2v) is 9.34. The molecular formula is C28H23N3O3S. The Labute approximate surface area is 206 Å². The van der Waals surface area contributed by atoms with Crippen LogP contribution >= 0.6 is 11.3 Å². The molecule has 0 aliphatic rings. The summed E-state index contributed by atoms with van der Waals surface area (Å²) in [5.41, 5.74) is 5.79. The van der Waals surface area contributed by atoms with Gasteiger partial charge in [0.2, 0.25) is 0 Å². The second-order valence-electron chi connectivity index (χ2n) is 8.33. The highest BCUT2D eigenvalue weighted by Gasteiger charge is 2.17. The molecule has 0 spiro atoms. The van der Waals surface area contributed by atoms with Gasteiger partial charge in [-0.15, -0.1) is 0 Å². The summed E-state index contributed by atoms with van der Waals surface area (Å²) >= 11 is 1.39. The molecule has 2 aromatic heterocycles. The van der Waals surface area contributed by atoms with Gasteiger partial charge in [-0.2, -0.15) is 4.99 Å². The lowest BCUT2D eigenvalue weighted by atomic mass is 10.0. The Hall–Kier alpha value is -4.10. The van der Waals surface area contributed by atoms with E-state index in [1.54, 1.807) is 10.6 Å². The SMILES string of the molecule is COC(=O)Cn1c(=NC(=O)c2cc(-c3ccccc3)nc3ccccc23)sc2cc(C)cc(C)c21. The van der Waals surface area contributed by atoms with Crippen LogP contribution in [0.4, 0.5) is 0 Å². The molecule has 0 aliphatic heterocycles. The van der Waals surface area contributed by atoms with Crippen LogP contribution in [0.1, 0.15) is 21.5 Å². The van der Waals surface area contributed by atoms with Crippen LogP contribution in [0.2, 0.25) is 0 Å². The number of methoxy groups -OCH3 is 1. The number of pyridine rings is 1. The third-order valence-electron chi connectivity index (χ3n) is 5.84. The van der Waals surface area contributed by atoms with E-state index in [0.717, 1.165) is 37.8 Å². The fourth-order valence-corrected chi connectivity index (χ4v) is 5.48. The average molecular weight is 482 g/mol. The summed E-state index contributed by atoms with van der Waals surface area (Å²) in [6, 6.07) is 23.2. The lowest BCUT2D eigenvalue weighted by Crippen LogP contribution is -2.22. The molecule has 0 bridgehead atoms. The molecule has 0 saturated heterocycles. The number of esters is 1. The molecule has 0 atom stereocenters. The quantitative estimate of drug-likeness (QED) is 0.320. The van der Waals surface area contributed by atoms with Crippen LogP contribution in [-0.4, -0.2) is 28.5 Å². The monoisotopic (exact) mass is 481 g/mol. The van der Waals surface area contributed by atoms with E-state index in [4.69, 9.17) is 9.72 Å². The van der Waals surface area contributed by atoms with E-state index < -0.39 is 5.97 Å². The summed E-state index contributed by atoms with van der Waals surface area (Å²) in [7, 11) is 1.35. The zero-order valence-corrected chi connectivity index (χ0v) is 20.4. The summed E-state index contributed by atoms with van der Waals surface area (Å²) in [6.07, 6.45) is 0. The third-order valence-corrected chi connectivity index (χ3v) is 6.87. The van der Waals surface area contributed by atoms with Crippen molar-refractivity contribution < 1.29 is 14.3 Å². The Bertz CT molecular complexity index is 1670. The van der Waals surface area contributed by atoms with Crippen LogP contribution < -0.4 is 4.80 Å². The van der Waals surface area contributed by atoms with Crippen molar-refractivity contribution >= 4 is 44.3 Å². The van der Waals surface area contributed by atoms with Crippen LogP contribution in [0, 0.1) is 13.8 Å². The summed E-state index contributed by atoms with van der Waals surface area (Å²) in [6.45, 7) is 3.98. The molecule has 5 rings (SSSR count). The van der Waals surface area contributed by atoms with E-state index in [0.29, 0.717) is 16.1 Å². The first-order valence-corrected chi connectivity index (χ1v) is 12.0. The molecule has 2 heterocycles. The van der Waals surface area contributed by atoms with E-state index >= 15 is 0 Å². The van der Waals surface area contributed by atoms with Gasteiger partial charge in [-0.3, -0.25) is 9.59 Å². The number of rotatable bonds is 4. The number of amides is 1. The van der Waals surface area contributed by atoms with E-state index in [1.807, 2.05) is 74.5 Å². The average Bonchev–Trinajstić information content (AvgIpc) is 3.20. The minimum Gasteiger partial charge on any atom is -0.468 e. The predicted octanol–water partition coefficient (Wildman–Crippen LogP) is 5.45. The van der Waals surface area contributed by atoms with Crippen LogP contribution in [-0.2, 0) is 16.1 Å². The van der Waals surface area contributed by atoms with Gasteiger partial charge in [0.25, 0.3) is 5.91 Å². The number of hydrogen-bond acceptors (Lipinski definition) is 5. The maximum atomic E-state index is 13.6. The Morgan fingerprint density at radius 1 is 1.00 bits per heavy atom. The maximum absolute atomic E-state index is 13.6. The topological polar surface area (TPSA) is 73.6 Å². The lowest BCUT2D eigenvalue weighted by molar-refractivity contribution is -0.141. The minimum atomic E-state index is -0.403. The highest BCUT2D eigenvalue weighted by atomic mass is 32.1. The van der Waals surface area contributed by atoms with E-state index in [-0.39, 0.29) is 12.5 Å². The van der Waals surface area contributed by atoms with E-state index in [2.05, 4.69) is 11.1 Å². The first-order valence-electron chi connectivity index (χ1n) is 11.2. The Balaban J connectivity index is 1.72. The standard InChI is InChI=1S/C28H23N3O3S/c1-17-13-18(2)26-24(14-17)35-28(31(26)16-25(32)34-3)30-27(33)21-15-23(19-9-5-4-6-10-19)29-22-12-8-7-11-20(21)22/h4-15H,16H2,1-3H3. The Kier molecular flexibility index (Phi) is 6.01. The van der Waals surface area contributed by atoms with Crippen molar-refractivity contribution in [2.45, 2.75) is 20.4 Å². The number of para-hydroxylation sites is 1. The molecule has 0 unspecified atom stereocenters. The van der Waals surface area contributed by atoms with Gasteiger partial charge in [0.05, 0.1) is 34.1 Å². The zero-order chi connectivity index (χ0) is 24.5. The molecule has 0 radical (unpaired) electrons. The van der Waals surface area contributed by atoms with Crippen LogP contribution in [0.15, 0.2) is 77.8 Å². The molecule has 0 N–H and O–H groups in total. The van der Waals surface area contributed by atoms with Crippen LogP contribution in [0.25, 0.3) is 32.4 Å². The second kappa shape index (κ2) is 9.27. The highest BCUT2D eigenvalue weighted by molar-refractivity contribution is 7.16. The maximum Gasteiger partial charge on any atom is 0.325 e. The normalized spacial score (nSPS) is 11.8. The number of aryl methyl sites for hydroxylation is 2. The Morgan fingerprint density at radius 3 is 2.51 bits per heavy atom. The number of fused-ring (bicyclic) bond motifs is 2. The molecule has 35 heavy (non-hydrogen) atoms. The van der Waals surface area contributed by atoms with Gasteiger partial charge in [0.15, 0.2) is 4.80 Å². The molecule has 174 valence electrons. The first-order chi connectivity index (χ1) is 16.9. The van der Waals surface area contributed by atoms with E-state index in [9.17, 15) is 9.59 Å². The van der Waals surface area contributed by atoms with Crippen molar-refractivity contribution in [3.05, 3.63) is 94.3 Å². The minimum absolute atomic E-state index is 0.0289. The number of nitrogens with zero attached hydrogens (tertiary/aromatic N) is 3. The van der Waals surface area contributed by atoms with E-state index in [1.165, 1.54) is 18.4 Å². The van der Waals surface area contributed by atoms with Crippen molar-refractivity contribution in [1.29, 1.82) is 0 Å². The number of carbonyl (C=O) groups excluding carboxylic acids is 2. The summed E-state index contributed by atoms with van der Waals surface area (Å²) < 4.78 is 7.64. The number of hydrogen-bond donors (Lipinski definition) is 0.